The summed E-state index contributed by atoms with van der Waals surface area (Å²) in [6.07, 6.45) is 0.781. The Kier molecular flexibility index (Phi) is 3.85. The normalized spacial score (nSPS) is 25.2. The second-order valence-electron chi connectivity index (χ2n) is 5.10. The second-order valence-corrected chi connectivity index (χ2v) is 5.10. The van der Waals surface area contributed by atoms with Crippen LogP contribution in [0.1, 0.15) is 18.9 Å². The van der Waals surface area contributed by atoms with Gasteiger partial charge < -0.3 is 10.1 Å². The molecule has 0 radical (unpaired) electrons. The molecule has 1 saturated carbocycles. The molecule has 1 aliphatic rings. The Morgan fingerprint density at radius 3 is 2.74 bits per heavy atom. The first kappa shape index (κ1) is 13.9. The number of nitrogens with one attached hydrogen (secondary N) is 1. The first-order chi connectivity index (χ1) is 8.99. The molecule has 1 N–H and O–H groups in total. The lowest BCUT2D eigenvalue weighted by Gasteiger charge is -2.19. The fourth-order valence-electron chi connectivity index (χ4n) is 2.54. The van der Waals surface area contributed by atoms with Gasteiger partial charge in [-0.2, -0.15) is 0 Å². The monoisotopic (exact) mass is 269 g/mol. The van der Waals surface area contributed by atoms with Gasteiger partial charge >= 0.3 is 0 Å². The zero-order valence-corrected chi connectivity index (χ0v) is 11.0. The van der Waals surface area contributed by atoms with Crippen molar-refractivity contribution >= 4 is 5.91 Å². The van der Waals surface area contributed by atoms with E-state index in [0.29, 0.717) is 12.1 Å². The third kappa shape index (κ3) is 2.76. The van der Waals surface area contributed by atoms with Crippen LogP contribution in [-0.4, -0.2) is 26.2 Å². The molecule has 2 unspecified atom stereocenters. The third-order valence-corrected chi connectivity index (χ3v) is 3.80. The summed E-state index contributed by atoms with van der Waals surface area (Å²) in [4.78, 5) is 11.4. The van der Waals surface area contributed by atoms with Gasteiger partial charge in [0.25, 0.3) is 0 Å². The van der Waals surface area contributed by atoms with Gasteiger partial charge in [-0.15, -0.1) is 0 Å². The average molecular weight is 269 g/mol. The van der Waals surface area contributed by atoms with E-state index in [0.717, 1.165) is 12.5 Å². The van der Waals surface area contributed by atoms with E-state index in [9.17, 15) is 13.6 Å². The predicted octanol–water partition coefficient (Wildman–Crippen LogP) is 2.00. The lowest BCUT2D eigenvalue weighted by molar-refractivity contribution is -0.124. The molecule has 5 heteroatoms. The molecule has 0 bridgehead atoms. The third-order valence-electron chi connectivity index (χ3n) is 3.80. The highest BCUT2D eigenvalue weighted by Gasteiger charge is 2.53. The fourth-order valence-corrected chi connectivity index (χ4v) is 2.54. The van der Waals surface area contributed by atoms with E-state index in [1.165, 1.54) is 19.2 Å². The molecular formula is C14H17F2NO2. The number of carbonyl (C=O) groups excluding carboxylic acids is 1. The number of halogens is 2. The van der Waals surface area contributed by atoms with Crippen molar-refractivity contribution in [2.75, 3.05) is 20.3 Å². The Labute approximate surface area is 111 Å². The summed E-state index contributed by atoms with van der Waals surface area (Å²) in [6.45, 7) is 2.32. The van der Waals surface area contributed by atoms with Gasteiger partial charge in [0.2, 0.25) is 5.91 Å². The molecule has 3 nitrogen and oxygen atoms in total. The molecule has 0 spiro atoms. The topological polar surface area (TPSA) is 38.3 Å². The zero-order chi connectivity index (χ0) is 14.0. The van der Waals surface area contributed by atoms with Gasteiger partial charge in [-0.25, -0.2) is 8.78 Å². The van der Waals surface area contributed by atoms with Crippen LogP contribution in [0, 0.1) is 17.6 Å². The second kappa shape index (κ2) is 5.25. The van der Waals surface area contributed by atoms with E-state index in [2.05, 4.69) is 5.32 Å². The number of benzene rings is 1. The summed E-state index contributed by atoms with van der Waals surface area (Å²) >= 11 is 0. The van der Waals surface area contributed by atoms with Crippen molar-refractivity contribution in [2.24, 2.45) is 5.92 Å². The van der Waals surface area contributed by atoms with E-state index in [1.54, 1.807) is 0 Å². The first-order valence-corrected chi connectivity index (χ1v) is 6.21. The number of methoxy groups -OCH3 is 1. The summed E-state index contributed by atoms with van der Waals surface area (Å²) in [7, 11) is 1.44. The Bertz CT molecular complexity index is 492. The number of ether oxygens (including phenoxy) is 1. The average Bonchev–Trinajstić information content (AvgIpc) is 2.99. The molecule has 1 aromatic carbocycles. The molecule has 0 saturated heterocycles. The summed E-state index contributed by atoms with van der Waals surface area (Å²) in [5.74, 6) is -1.11. The maximum atomic E-state index is 13.9. The maximum absolute atomic E-state index is 13.9. The highest BCUT2D eigenvalue weighted by Crippen LogP contribution is 2.54. The lowest BCUT2D eigenvalue weighted by Crippen LogP contribution is -2.35. The van der Waals surface area contributed by atoms with Crippen LogP contribution in [0.2, 0.25) is 0 Å². The van der Waals surface area contributed by atoms with Crippen molar-refractivity contribution in [1.82, 2.24) is 5.32 Å². The molecule has 2 rings (SSSR count). The van der Waals surface area contributed by atoms with Crippen molar-refractivity contribution in [3.05, 3.63) is 35.4 Å². The first-order valence-electron chi connectivity index (χ1n) is 6.21. The van der Waals surface area contributed by atoms with Crippen molar-refractivity contribution in [1.29, 1.82) is 0 Å². The van der Waals surface area contributed by atoms with Gasteiger partial charge in [-0.3, -0.25) is 4.79 Å². The molecule has 104 valence electrons. The predicted molar refractivity (Wildman–Crippen MR) is 66.7 cm³/mol. The van der Waals surface area contributed by atoms with E-state index >= 15 is 0 Å². The van der Waals surface area contributed by atoms with Crippen LogP contribution < -0.4 is 5.32 Å². The van der Waals surface area contributed by atoms with Gasteiger partial charge in [-0.05, 0) is 24.0 Å². The van der Waals surface area contributed by atoms with E-state index in [1.807, 2.05) is 6.92 Å². The van der Waals surface area contributed by atoms with Crippen molar-refractivity contribution in [2.45, 2.75) is 18.8 Å². The van der Waals surface area contributed by atoms with E-state index < -0.39 is 17.0 Å². The number of hydrogen-bond acceptors (Lipinski definition) is 2. The highest BCUT2D eigenvalue weighted by atomic mass is 19.1. The maximum Gasteiger partial charge on any atom is 0.246 e. The zero-order valence-electron chi connectivity index (χ0n) is 11.0. The van der Waals surface area contributed by atoms with Crippen molar-refractivity contribution in [3.8, 4) is 0 Å². The van der Waals surface area contributed by atoms with Crippen LogP contribution in [-0.2, 0) is 14.9 Å². The molecule has 19 heavy (non-hydrogen) atoms. The number of hydrogen-bond donors (Lipinski definition) is 1. The van der Waals surface area contributed by atoms with Crippen LogP contribution in [0.4, 0.5) is 8.78 Å². The quantitative estimate of drug-likeness (QED) is 0.888. The number of amides is 1. The lowest BCUT2D eigenvalue weighted by atomic mass is 9.92. The molecule has 1 aromatic rings. The van der Waals surface area contributed by atoms with Gasteiger partial charge in [0.05, 0.1) is 0 Å². The van der Waals surface area contributed by atoms with Crippen LogP contribution in [0.3, 0.4) is 0 Å². The largest absolute Gasteiger partial charge is 0.375 e. The van der Waals surface area contributed by atoms with Crippen LogP contribution in [0.15, 0.2) is 18.2 Å². The molecule has 1 fully saturated rings. The van der Waals surface area contributed by atoms with Crippen LogP contribution >= 0.6 is 0 Å². The van der Waals surface area contributed by atoms with Gasteiger partial charge in [0.15, 0.2) is 0 Å². The number of rotatable bonds is 5. The highest BCUT2D eigenvalue weighted by molar-refractivity contribution is 5.77. The number of carbonyl (C=O) groups is 1. The van der Waals surface area contributed by atoms with Gasteiger partial charge in [0.1, 0.15) is 18.2 Å². The van der Waals surface area contributed by atoms with Crippen LogP contribution in [0.5, 0.6) is 0 Å². The molecular weight excluding hydrogens is 252 g/mol. The van der Waals surface area contributed by atoms with Crippen molar-refractivity contribution in [3.63, 3.8) is 0 Å². The van der Waals surface area contributed by atoms with E-state index in [-0.39, 0.29) is 18.4 Å². The Morgan fingerprint density at radius 1 is 1.53 bits per heavy atom. The Hall–Kier alpha value is -1.49. The minimum absolute atomic E-state index is 0.0175. The van der Waals surface area contributed by atoms with E-state index in [4.69, 9.17) is 4.74 Å². The smallest absolute Gasteiger partial charge is 0.246 e. The van der Waals surface area contributed by atoms with Crippen molar-refractivity contribution < 1.29 is 18.3 Å². The SMILES string of the molecule is COCC(=O)NCC1(c2ccc(F)cc2F)CC1C. The summed E-state index contributed by atoms with van der Waals surface area (Å²) in [5.41, 5.74) is 0.0559. The minimum Gasteiger partial charge on any atom is -0.375 e. The minimum atomic E-state index is -0.590. The molecule has 2 atom stereocenters. The Balaban J connectivity index is 2.13. The standard InChI is InChI=1S/C14H17F2NO2/c1-9-6-14(9,8-17-13(18)7-19-2)11-4-3-10(15)5-12(11)16/h3-5,9H,6-8H2,1-2H3,(H,17,18). The molecule has 1 amide bonds. The molecule has 0 aliphatic heterocycles. The van der Waals surface area contributed by atoms with Gasteiger partial charge in [0, 0.05) is 25.1 Å². The summed E-state index contributed by atoms with van der Waals surface area (Å²) < 4.78 is 31.5. The summed E-state index contributed by atoms with van der Waals surface area (Å²) in [5, 5.41) is 2.73. The molecule has 0 aromatic heterocycles. The van der Waals surface area contributed by atoms with Crippen LogP contribution in [0.25, 0.3) is 0 Å². The summed E-state index contributed by atoms with van der Waals surface area (Å²) in [6, 6.07) is 3.61. The Morgan fingerprint density at radius 2 is 2.21 bits per heavy atom. The van der Waals surface area contributed by atoms with Gasteiger partial charge in [-0.1, -0.05) is 13.0 Å². The molecule has 0 heterocycles. The molecule has 1 aliphatic carbocycles. The fraction of sp³-hybridized carbons (Fsp3) is 0.500.